The van der Waals surface area contributed by atoms with E-state index >= 15 is 0 Å². The SMILES string of the molecule is Cc1cccc(Cl)c1NC(=O)c1cnc(Nc2nc(NC3CC3)nc(N3CCN(CCO)CC3)n2)s1. The van der Waals surface area contributed by atoms with Gasteiger partial charge in [-0.15, -0.1) is 0 Å². The highest BCUT2D eigenvalue weighted by molar-refractivity contribution is 7.17. The first-order valence-corrected chi connectivity index (χ1v) is 13.1. The van der Waals surface area contributed by atoms with Crippen LogP contribution in [0.2, 0.25) is 5.02 Å². The van der Waals surface area contributed by atoms with Crippen LogP contribution >= 0.6 is 22.9 Å². The number of carbonyl (C=O) groups excluding carboxylic acids is 1. The van der Waals surface area contributed by atoms with Gasteiger partial charge in [0.2, 0.25) is 17.8 Å². The van der Waals surface area contributed by atoms with Crippen molar-refractivity contribution in [2.75, 3.05) is 60.2 Å². The van der Waals surface area contributed by atoms with Crippen LogP contribution in [0.15, 0.2) is 24.4 Å². The number of piperazine rings is 1. The molecule has 1 aliphatic heterocycles. The highest BCUT2D eigenvalue weighted by Crippen LogP contribution is 2.29. The summed E-state index contributed by atoms with van der Waals surface area (Å²) in [5.74, 6) is 1.18. The second-order valence-corrected chi connectivity index (χ2v) is 10.2. The number of thiazole rings is 1. The minimum absolute atomic E-state index is 0.154. The number of β-amino-alcohol motifs (C(OH)–C–C–N with tert-alkyl or cyclic N) is 1. The number of nitrogens with one attached hydrogen (secondary N) is 3. The summed E-state index contributed by atoms with van der Waals surface area (Å²) in [4.78, 5) is 35.7. The van der Waals surface area contributed by atoms with Crippen molar-refractivity contribution in [3.05, 3.63) is 39.9 Å². The van der Waals surface area contributed by atoms with Crippen molar-refractivity contribution in [3.63, 3.8) is 0 Å². The van der Waals surface area contributed by atoms with Crippen LogP contribution in [0.5, 0.6) is 0 Å². The molecule has 4 N–H and O–H groups in total. The molecule has 190 valence electrons. The molecule has 1 amide bonds. The highest BCUT2D eigenvalue weighted by Gasteiger charge is 2.25. The lowest BCUT2D eigenvalue weighted by Gasteiger charge is -2.34. The van der Waals surface area contributed by atoms with E-state index in [9.17, 15) is 9.90 Å². The molecule has 2 aliphatic rings. The Hall–Kier alpha value is -3.06. The van der Waals surface area contributed by atoms with Crippen LogP contribution in [0.25, 0.3) is 0 Å². The lowest BCUT2D eigenvalue weighted by atomic mass is 10.2. The van der Waals surface area contributed by atoms with E-state index in [2.05, 4.69) is 45.7 Å². The van der Waals surface area contributed by atoms with Gasteiger partial charge in [0.15, 0.2) is 5.13 Å². The topological polar surface area (TPSA) is 131 Å². The van der Waals surface area contributed by atoms with Crippen LogP contribution in [0.1, 0.15) is 28.1 Å². The molecule has 2 aromatic heterocycles. The molecule has 0 bridgehead atoms. The number of aromatic nitrogens is 4. The Morgan fingerprint density at radius 1 is 1.17 bits per heavy atom. The normalized spacial score (nSPS) is 16.1. The summed E-state index contributed by atoms with van der Waals surface area (Å²) < 4.78 is 0. The zero-order valence-electron chi connectivity index (χ0n) is 19.9. The van der Waals surface area contributed by atoms with Gasteiger partial charge in [0, 0.05) is 38.8 Å². The summed E-state index contributed by atoms with van der Waals surface area (Å²) in [7, 11) is 0. The Morgan fingerprint density at radius 3 is 2.67 bits per heavy atom. The molecule has 11 nitrogen and oxygen atoms in total. The standard InChI is InChI=1S/C23H28ClN9O2S/c1-14-3-2-4-16(24)18(14)27-19(35)17-13-25-23(36-17)31-21-28-20(26-15-5-6-15)29-22(30-21)33-9-7-32(8-10-33)11-12-34/h2-4,13,15,34H,5-12H2,1H3,(H,27,35)(H2,25,26,28,29,30,31). The number of anilines is 5. The van der Waals surface area contributed by atoms with Crippen LogP contribution < -0.4 is 20.9 Å². The average molecular weight is 530 g/mol. The van der Waals surface area contributed by atoms with Gasteiger partial charge in [-0.1, -0.05) is 35.1 Å². The minimum Gasteiger partial charge on any atom is -0.395 e. The largest absolute Gasteiger partial charge is 0.395 e. The fraction of sp³-hybridized carbons (Fsp3) is 0.435. The molecule has 3 heterocycles. The number of carbonyl (C=O) groups is 1. The number of amides is 1. The summed E-state index contributed by atoms with van der Waals surface area (Å²) >= 11 is 7.45. The number of para-hydroxylation sites is 1. The number of rotatable bonds is 9. The summed E-state index contributed by atoms with van der Waals surface area (Å²) in [6.07, 6.45) is 3.71. The van der Waals surface area contributed by atoms with Crippen molar-refractivity contribution in [3.8, 4) is 0 Å². The van der Waals surface area contributed by atoms with Gasteiger partial charge in [0.1, 0.15) is 4.88 Å². The van der Waals surface area contributed by atoms with E-state index in [1.165, 1.54) is 17.5 Å². The van der Waals surface area contributed by atoms with E-state index in [1.807, 2.05) is 19.1 Å². The maximum atomic E-state index is 12.8. The van der Waals surface area contributed by atoms with Gasteiger partial charge in [-0.2, -0.15) is 15.0 Å². The maximum absolute atomic E-state index is 12.8. The molecule has 3 aromatic rings. The number of aliphatic hydroxyl groups is 1. The smallest absolute Gasteiger partial charge is 0.267 e. The first-order chi connectivity index (χ1) is 17.5. The zero-order chi connectivity index (χ0) is 25.1. The van der Waals surface area contributed by atoms with Crippen molar-refractivity contribution in [2.45, 2.75) is 25.8 Å². The van der Waals surface area contributed by atoms with Gasteiger partial charge in [-0.05, 0) is 31.4 Å². The number of halogens is 1. The lowest BCUT2D eigenvalue weighted by molar-refractivity contribution is 0.103. The number of hydrogen-bond donors (Lipinski definition) is 4. The number of nitrogens with zero attached hydrogens (tertiary/aromatic N) is 6. The average Bonchev–Trinajstić information content (AvgIpc) is 3.56. The second kappa shape index (κ2) is 10.9. The van der Waals surface area contributed by atoms with Gasteiger partial charge in [0.25, 0.3) is 5.91 Å². The summed E-state index contributed by atoms with van der Waals surface area (Å²) in [6.45, 7) is 5.89. The quantitative estimate of drug-likeness (QED) is 0.328. The Labute approximate surface area is 217 Å². The molecule has 1 saturated heterocycles. The van der Waals surface area contributed by atoms with Crippen LogP contribution in [0.3, 0.4) is 0 Å². The molecule has 1 aliphatic carbocycles. The molecular formula is C23H28ClN9O2S. The first kappa shape index (κ1) is 24.6. The molecule has 0 radical (unpaired) electrons. The zero-order valence-corrected chi connectivity index (χ0v) is 21.4. The lowest BCUT2D eigenvalue weighted by Crippen LogP contribution is -2.47. The molecule has 2 fully saturated rings. The molecule has 13 heteroatoms. The third kappa shape index (κ3) is 6.01. The maximum Gasteiger partial charge on any atom is 0.267 e. The number of aliphatic hydroxyl groups excluding tert-OH is 1. The Kier molecular flexibility index (Phi) is 7.46. The van der Waals surface area contributed by atoms with Gasteiger partial charge in [-0.3, -0.25) is 15.0 Å². The van der Waals surface area contributed by atoms with E-state index in [0.717, 1.165) is 44.6 Å². The van der Waals surface area contributed by atoms with Gasteiger partial charge < -0.3 is 20.6 Å². The second-order valence-electron chi connectivity index (χ2n) is 8.79. The third-order valence-electron chi connectivity index (χ3n) is 6.01. The molecule has 0 unspecified atom stereocenters. The number of benzene rings is 1. The van der Waals surface area contributed by atoms with Crippen LogP contribution in [-0.4, -0.2) is 81.2 Å². The van der Waals surface area contributed by atoms with Gasteiger partial charge in [0.05, 0.1) is 23.5 Å². The third-order valence-corrected chi connectivity index (χ3v) is 7.24. The molecular weight excluding hydrogens is 502 g/mol. The molecule has 5 rings (SSSR count). The summed E-state index contributed by atoms with van der Waals surface area (Å²) in [5.41, 5.74) is 1.47. The predicted octanol–water partition coefficient (Wildman–Crippen LogP) is 2.97. The summed E-state index contributed by atoms with van der Waals surface area (Å²) in [6, 6.07) is 5.85. The monoisotopic (exact) mass is 529 g/mol. The fourth-order valence-electron chi connectivity index (χ4n) is 3.85. The highest BCUT2D eigenvalue weighted by atomic mass is 35.5. The molecule has 1 aromatic carbocycles. The van der Waals surface area contributed by atoms with Crippen LogP contribution in [0.4, 0.5) is 28.7 Å². The van der Waals surface area contributed by atoms with E-state index in [-0.39, 0.29) is 12.5 Å². The Bertz CT molecular complexity index is 1210. The first-order valence-electron chi connectivity index (χ1n) is 11.9. The van der Waals surface area contributed by atoms with Crippen molar-refractivity contribution < 1.29 is 9.90 Å². The van der Waals surface area contributed by atoms with E-state index in [4.69, 9.17) is 11.6 Å². The van der Waals surface area contributed by atoms with Crippen molar-refractivity contribution in [2.24, 2.45) is 0 Å². The van der Waals surface area contributed by atoms with Crippen LogP contribution in [-0.2, 0) is 0 Å². The van der Waals surface area contributed by atoms with Crippen molar-refractivity contribution in [1.29, 1.82) is 0 Å². The predicted molar refractivity (Wildman–Crippen MR) is 142 cm³/mol. The van der Waals surface area contributed by atoms with Gasteiger partial charge >= 0.3 is 0 Å². The fourth-order valence-corrected chi connectivity index (χ4v) is 4.82. The molecule has 0 spiro atoms. The van der Waals surface area contributed by atoms with Crippen molar-refractivity contribution in [1.82, 2.24) is 24.8 Å². The Morgan fingerprint density at radius 2 is 1.94 bits per heavy atom. The van der Waals surface area contributed by atoms with E-state index in [1.54, 1.807) is 6.07 Å². The minimum atomic E-state index is -0.287. The summed E-state index contributed by atoms with van der Waals surface area (Å²) in [5, 5.41) is 19.5. The van der Waals surface area contributed by atoms with Crippen LogP contribution in [0, 0.1) is 6.92 Å². The molecule has 0 atom stereocenters. The Balaban J connectivity index is 1.30. The molecule has 36 heavy (non-hydrogen) atoms. The van der Waals surface area contributed by atoms with Crippen molar-refractivity contribution >= 4 is 57.5 Å². The number of hydrogen-bond acceptors (Lipinski definition) is 11. The molecule has 1 saturated carbocycles. The van der Waals surface area contributed by atoms with E-state index < -0.39 is 0 Å². The van der Waals surface area contributed by atoms with E-state index in [0.29, 0.717) is 51.2 Å². The van der Waals surface area contributed by atoms with Gasteiger partial charge in [-0.25, -0.2) is 4.98 Å². The number of aryl methyl sites for hydroxylation is 1.